The smallest absolute Gasteiger partial charge is 0.254 e. The molecule has 1 aromatic heterocycles. The Morgan fingerprint density at radius 3 is 2.67 bits per heavy atom. The zero-order chi connectivity index (χ0) is 23.4. The molecule has 170 valence electrons. The fourth-order valence-electron chi connectivity index (χ4n) is 3.70. The highest BCUT2D eigenvalue weighted by Gasteiger charge is 2.18. The van der Waals surface area contributed by atoms with Gasteiger partial charge in [0.25, 0.3) is 5.91 Å². The lowest BCUT2D eigenvalue weighted by Crippen LogP contribution is -2.40. The van der Waals surface area contributed by atoms with Crippen LogP contribution in [0.1, 0.15) is 22.8 Å². The second-order valence-corrected chi connectivity index (χ2v) is 7.61. The van der Waals surface area contributed by atoms with Crippen molar-refractivity contribution in [2.24, 2.45) is 4.99 Å². The molecule has 1 aliphatic rings. The van der Waals surface area contributed by atoms with Crippen LogP contribution in [0.15, 0.2) is 47.5 Å². The topological polar surface area (TPSA) is 79.8 Å². The van der Waals surface area contributed by atoms with Gasteiger partial charge in [0, 0.05) is 29.4 Å². The van der Waals surface area contributed by atoms with Gasteiger partial charge in [0.1, 0.15) is 11.6 Å². The number of halogens is 1. The summed E-state index contributed by atoms with van der Waals surface area (Å²) in [5.41, 5.74) is 2.87. The van der Waals surface area contributed by atoms with Gasteiger partial charge in [-0.05, 0) is 31.2 Å². The molecule has 2 heterocycles. The molecule has 4 rings (SSSR count). The van der Waals surface area contributed by atoms with Gasteiger partial charge < -0.3 is 14.4 Å². The zero-order valence-electron chi connectivity index (χ0n) is 18.6. The highest BCUT2D eigenvalue weighted by atomic mass is 19.1. The molecule has 1 N–H and O–H groups in total. The maximum Gasteiger partial charge on any atom is 0.254 e. The van der Waals surface area contributed by atoms with Gasteiger partial charge >= 0.3 is 0 Å². The maximum absolute atomic E-state index is 14.3. The number of H-pyrrole nitrogens is 1. The van der Waals surface area contributed by atoms with Crippen LogP contribution in [0.2, 0.25) is 0 Å². The van der Waals surface area contributed by atoms with Crippen molar-refractivity contribution in [2.75, 3.05) is 33.4 Å². The summed E-state index contributed by atoms with van der Waals surface area (Å²) in [5.74, 6) is -0.00323. The highest BCUT2D eigenvalue weighted by Crippen LogP contribution is 2.22. The SMILES string of the molecule is C=c1c(-c2ccc(C(=O)N3CCOCC3)cc2)n[nH]/c1=C/N=C(\C)c1c(F)cccc1OC. The van der Waals surface area contributed by atoms with E-state index in [2.05, 4.69) is 21.8 Å². The van der Waals surface area contributed by atoms with Gasteiger partial charge in [0.05, 0.1) is 48.8 Å². The lowest BCUT2D eigenvalue weighted by Gasteiger charge is -2.26. The van der Waals surface area contributed by atoms with E-state index in [1.807, 2.05) is 12.1 Å². The Bertz CT molecular complexity index is 1290. The molecule has 0 aliphatic carbocycles. The number of hydrogen-bond acceptors (Lipinski definition) is 5. The second kappa shape index (κ2) is 9.79. The molecular weight excluding hydrogens is 423 g/mol. The molecule has 0 spiro atoms. The Morgan fingerprint density at radius 2 is 1.97 bits per heavy atom. The van der Waals surface area contributed by atoms with Gasteiger partial charge in [-0.15, -0.1) is 0 Å². The summed E-state index contributed by atoms with van der Waals surface area (Å²) in [6.07, 6.45) is 1.57. The monoisotopic (exact) mass is 448 g/mol. The third kappa shape index (κ3) is 4.70. The van der Waals surface area contributed by atoms with Gasteiger partial charge in [0.15, 0.2) is 0 Å². The van der Waals surface area contributed by atoms with E-state index in [1.165, 1.54) is 13.2 Å². The second-order valence-electron chi connectivity index (χ2n) is 7.61. The number of rotatable bonds is 5. The Balaban J connectivity index is 1.58. The lowest BCUT2D eigenvalue weighted by molar-refractivity contribution is 0.0303. The van der Waals surface area contributed by atoms with Crippen LogP contribution >= 0.6 is 0 Å². The van der Waals surface area contributed by atoms with Gasteiger partial charge in [0.2, 0.25) is 0 Å². The van der Waals surface area contributed by atoms with Crippen molar-refractivity contribution in [1.29, 1.82) is 0 Å². The van der Waals surface area contributed by atoms with Crippen molar-refractivity contribution >= 4 is 24.4 Å². The van der Waals surface area contributed by atoms with Crippen molar-refractivity contribution in [3.63, 3.8) is 0 Å². The Hall–Kier alpha value is -3.78. The summed E-state index contributed by atoms with van der Waals surface area (Å²) in [7, 11) is 1.49. The van der Waals surface area contributed by atoms with Crippen molar-refractivity contribution < 1.29 is 18.7 Å². The summed E-state index contributed by atoms with van der Waals surface area (Å²) in [6, 6.07) is 11.9. The average molecular weight is 448 g/mol. The minimum absolute atomic E-state index is 0.0101. The molecule has 8 heteroatoms. The molecule has 0 bridgehead atoms. The first-order valence-electron chi connectivity index (χ1n) is 10.6. The molecule has 2 aromatic carbocycles. The summed E-state index contributed by atoms with van der Waals surface area (Å²) < 4.78 is 24.8. The van der Waals surface area contributed by atoms with E-state index in [9.17, 15) is 9.18 Å². The lowest BCUT2D eigenvalue weighted by atomic mass is 10.1. The molecule has 0 atom stereocenters. The van der Waals surface area contributed by atoms with Crippen molar-refractivity contribution in [3.05, 3.63) is 70.0 Å². The number of carbonyl (C=O) groups is 1. The summed E-state index contributed by atoms with van der Waals surface area (Å²) >= 11 is 0. The number of aromatic amines is 1. The first-order valence-corrected chi connectivity index (χ1v) is 10.6. The minimum atomic E-state index is -0.407. The predicted octanol–water partition coefficient (Wildman–Crippen LogP) is 2.35. The normalized spacial score (nSPS) is 15.1. The summed E-state index contributed by atoms with van der Waals surface area (Å²) in [4.78, 5) is 18.8. The standard InChI is InChI=1S/C25H25FN4O3/c1-16-21(15-27-17(2)23-20(26)5-4-6-22(23)32-3)28-29-24(16)18-7-9-19(10-8-18)25(31)30-11-13-33-14-12-30/h4-10,15,28H,1,11-14H2,2-3H3/b21-15+,27-17+. The van der Waals surface area contributed by atoms with Crippen molar-refractivity contribution in [1.82, 2.24) is 15.1 Å². The maximum atomic E-state index is 14.3. The van der Waals surface area contributed by atoms with Gasteiger partial charge in [-0.2, -0.15) is 5.10 Å². The molecule has 33 heavy (non-hydrogen) atoms. The van der Waals surface area contributed by atoms with E-state index in [-0.39, 0.29) is 5.91 Å². The van der Waals surface area contributed by atoms with E-state index >= 15 is 0 Å². The Kier molecular flexibility index (Phi) is 6.65. The molecule has 1 fully saturated rings. The number of nitrogens with zero attached hydrogens (tertiary/aromatic N) is 3. The molecule has 1 aliphatic heterocycles. The van der Waals surface area contributed by atoms with Crippen LogP contribution in [0.3, 0.4) is 0 Å². The minimum Gasteiger partial charge on any atom is -0.496 e. The molecule has 3 aromatic rings. The van der Waals surface area contributed by atoms with Crippen LogP contribution in [-0.2, 0) is 4.74 Å². The first-order chi connectivity index (χ1) is 16.0. The Labute approximate surface area is 190 Å². The zero-order valence-corrected chi connectivity index (χ0v) is 18.6. The van der Waals surface area contributed by atoms with Gasteiger partial charge in [-0.3, -0.25) is 14.9 Å². The highest BCUT2D eigenvalue weighted by molar-refractivity contribution is 6.02. The van der Waals surface area contributed by atoms with E-state index in [0.717, 1.165) is 5.56 Å². The third-order valence-corrected chi connectivity index (χ3v) is 5.55. The summed E-state index contributed by atoms with van der Waals surface area (Å²) in [6.45, 7) is 8.14. The van der Waals surface area contributed by atoms with E-state index < -0.39 is 5.82 Å². The largest absolute Gasteiger partial charge is 0.496 e. The van der Waals surface area contributed by atoms with Crippen LogP contribution in [-0.4, -0.2) is 60.1 Å². The number of nitrogens with one attached hydrogen (secondary N) is 1. The van der Waals surface area contributed by atoms with E-state index in [1.54, 1.807) is 42.3 Å². The van der Waals surface area contributed by atoms with Crippen LogP contribution < -0.4 is 15.3 Å². The number of ether oxygens (including phenoxy) is 2. The van der Waals surface area contributed by atoms with Crippen molar-refractivity contribution in [3.8, 4) is 17.0 Å². The molecule has 1 saturated heterocycles. The fourth-order valence-corrected chi connectivity index (χ4v) is 3.70. The number of amides is 1. The number of morpholine rings is 1. The molecule has 0 radical (unpaired) electrons. The molecular formula is C25H25FN4O3. The molecule has 0 saturated carbocycles. The van der Waals surface area contributed by atoms with Crippen LogP contribution in [0.5, 0.6) is 5.75 Å². The first kappa shape index (κ1) is 22.4. The number of aliphatic imine (C=N–C) groups is 1. The average Bonchev–Trinajstić information content (AvgIpc) is 3.22. The van der Waals surface area contributed by atoms with Crippen LogP contribution in [0.25, 0.3) is 24.0 Å². The van der Waals surface area contributed by atoms with Gasteiger partial charge in [-0.1, -0.05) is 24.8 Å². The third-order valence-electron chi connectivity index (χ3n) is 5.55. The summed E-state index contributed by atoms with van der Waals surface area (Å²) in [5, 5.41) is 8.53. The Morgan fingerprint density at radius 1 is 1.24 bits per heavy atom. The number of aromatic nitrogens is 2. The molecule has 7 nitrogen and oxygen atoms in total. The number of benzene rings is 2. The number of carbonyl (C=O) groups excluding carboxylic acids is 1. The van der Waals surface area contributed by atoms with E-state index in [4.69, 9.17) is 9.47 Å². The number of methoxy groups -OCH3 is 1. The molecule has 0 unspecified atom stereocenters. The molecule has 1 amide bonds. The van der Waals surface area contributed by atoms with Crippen molar-refractivity contribution in [2.45, 2.75) is 6.92 Å². The van der Waals surface area contributed by atoms with E-state index in [0.29, 0.717) is 65.2 Å². The number of hydrogen-bond donors (Lipinski definition) is 1. The van der Waals surface area contributed by atoms with Gasteiger partial charge in [-0.25, -0.2) is 4.39 Å². The van der Waals surface area contributed by atoms with Crippen LogP contribution in [0, 0.1) is 5.82 Å². The quantitative estimate of drug-likeness (QED) is 0.608. The predicted molar refractivity (Wildman–Crippen MR) is 125 cm³/mol. The van der Waals surface area contributed by atoms with Crippen LogP contribution in [0.4, 0.5) is 4.39 Å². The fraction of sp³-hybridized carbons (Fsp3) is 0.240.